The number of nitro groups is 1. The molecule has 0 saturated heterocycles. The van der Waals surface area contributed by atoms with Gasteiger partial charge < -0.3 is 14.8 Å². The van der Waals surface area contributed by atoms with E-state index in [1.807, 2.05) is 0 Å². The topological polar surface area (TPSA) is 90.7 Å². The second kappa shape index (κ2) is 6.67. The zero-order chi connectivity index (χ0) is 15.3. The van der Waals surface area contributed by atoms with Crippen LogP contribution in [0.1, 0.15) is 6.92 Å². The molecule has 0 aromatic heterocycles. The number of benzene rings is 1. The molecule has 1 aromatic carbocycles. The average Bonchev–Trinajstić information content (AvgIpc) is 2.44. The lowest BCUT2D eigenvalue weighted by Crippen LogP contribution is -2.52. The van der Waals surface area contributed by atoms with Crippen molar-refractivity contribution in [1.29, 1.82) is 0 Å². The molecule has 8 heteroatoms. The van der Waals surface area contributed by atoms with Gasteiger partial charge in [-0.1, -0.05) is 15.9 Å². The second-order valence-corrected chi connectivity index (χ2v) is 5.15. The number of likely N-dealkylation sites (N-methyl/N-ethyl adjacent to an activating group) is 1. The molecule has 0 amide bonds. The van der Waals surface area contributed by atoms with Crippen molar-refractivity contribution >= 4 is 27.6 Å². The molecular formula is C12H15BrN2O5. The number of hydrogen-bond acceptors (Lipinski definition) is 6. The van der Waals surface area contributed by atoms with E-state index < -0.39 is 16.4 Å². The minimum atomic E-state index is -1.09. The Bertz CT molecular complexity index is 523. The van der Waals surface area contributed by atoms with Gasteiger partial charge in [0.2, 0.25) is 0 Å². The van der Waals surface area contributed by atoms with Crippen LogP contribution in [0.2, 0.25) is 0 Å². The maximum atomic E-state index is 11.7. The van der Waals surface area contributed by atoms with Crippen molar-refractivity contribution in [2.24, 2.45) is 0 Å². The number of hydrogen-bond donors (Lipinski definition) is 1. The van der Waals surface area contributed by atoms with Gasteiger partial charge in [-0.05, 0) is 26.1 Å². The lowest BCUT2D eigenvalue weighted by atomic mass is 10.1. The summed E-state index contributed by atoms with van der Waals surface area (Å²) in [6.45, 7) is 1.49. The smallest absolute Gasteiger partial charge is 0.329 e. The van der Waals surface area contributed by atoms with Crippen molar-refractivity contribution in [1.82, 2.24) is 5.32 Å². The van der Waals surface area contributed by atoms with Gasteiger partial charge in [0.05, 0.1) is 12.0 Å². The Balaban J connectivity index is 2.94. The summed E-state index contributed by atoms with van der Waals surface area (Å²) < 4.78 is 10.6. The highest BCUT2D eigenvalue weighted by atomic mass is 79.9. The molecule has 0 saturated carbocycles. The minimum Gasteiger partial charge on any atom is -0.484 e. The fourth-order valence-electron chi connectivity index (χ4n) is 1.44. The van der Waals surface area contributed by atoms with Crippen LogP contribution in [-0.2, 0) is 9.53 Å². The number of esters is 1. The van der Waals surface area contributed by atoms with E-state index in [1.165, 1.54) is 19.2 Å². The van der Waals surface area contributed by atoms with Crippen LogP contribution in [0.5, 0.6) is 5.75 Å². The maximum Gasteiger partial charge on any atom is 0.329 e. The van der Waals surface area contributed by atoms with E-state index in [-0.39, 0.29) is 18.0 Å². The zero-order valence-electron chi connectivity index (χ0n) is 11.3. The molecule has 110 valence electrons. The van der Waals surface area contributed by atoms with Crippen LogP contribution >= 0.6 is 15.9 Å². The fraction of sp³-hybridized carbons (Fsp3) is 0.417. The quantitative estimate of drug-likeness (QED) is 0.480. The molecule has 1 atom stereocenters. The van der Waals surface area contributed by atoms with Crippen LogP contribution in [-0.4, -0.2) is 37.2 Å². The summed E-state index contributed by atoms with van der Waals surface area (Å²) in [7, 11) is 2.84. The monoisotopic (exact) mass is 346 g/mol. The third-order valence-electron chi connectivity index (χ3n) is 2.82. The lowest BCUT2D eigenvalue weighted by molar-refractivity contribution is -0.386. The SMILES string of the molecule is CNC(C)(COc1ccc(Br)cc1[N+](=O)[O-])C(=O)OC. The summed E-state index contributed by atoms with van der Waals surface area (Å²) in [4.78, 5) is 22.1. The Morgan fingerprint density at radius 3 is 2.70 bits per heavy atom. The third-order valence-corrected chi connectivity index (χ3v) is 3.31. The number of carbonyl (C=O) groups excluding carboxylic acids is 1. The minimum absolute atomic E-state index is 0.0866. The van der Waals surface area contributed by atoms with E-state index in [9.17, 15) is 14.9 Å². The Morgan fingerprint density at radius 1 is 1.55 bits per heavy atom. The van der Waals surface area contributed by atoms with Crippen LogP contribution < -0.4 is 10.1 Å². The van der Waals surface area contributed by atoms with Gasteiger partial charge in [0.25, 0.3) is 0 Å². The van der Waals surface area contributed by atoms with Gasteiger partial charge in [-0.2, -0.15) is 0 Å². The van der Waals surface area contributed by atoms with Gasteiger partial charge in [0, 0.05) is 10.5 Å². The molecule has 0 aliphatic heterocycles. The molecular weight excluding hydrogens is 332 g/mol. The molecule has 0 aliphatic carbocycles. The van der Waals surface area contributed by atoms with Crippen molar-refractivity contribution in [3.8, 4) is 5.75 Å². The van der Waals surface area contributed by atoms with Gasteiger partial charge in [0.1, 0.15) is 12.1 Å². The van der Waals surface area contributed by atoms with Crippen LogP contribution in [0.4, 0.5) is 5.69 Å². The second-order valence-electron chi connectivity index (χ2n) is 4.23. The molecule has 7 nitrogen and oxygen atoms in total. The first-order valence-corrected chi connectivity index (χ1v) is 6.47. The first-order valence-electron chi connectivity index (χ1n) is 5.68. The van der Waals surface area contributed by atoms with Crippen molar-refractivity contribution in [3.05, 3.63) is 32.8 Å². The lowest BCUT2D eigenvalue weighted by Gasteiger charge is -2.25. The number of rotatable bonds is 6. The van der Waals surface area contributed by atoms with Crippen LogP contribution in [0.25, 0.3) is 0 Å². The van der Waals surface area contributed by atoms with Gasteiger partial charge in [-0.25, -0.2) is 4.79 Å². The van der Waals surface area contributed by atoms with Gasteiger partial charge >= 0.3 is 11.7 Å². The summed E-state index contributed by atoms with van der Waals surface area (Å²) in [5, 5.41) is 13.7. The predicted octanol–water partition coefficient (Wildman–Crippen LogP) is 1.89. The number of nitrogens with zero attached hydrogens (tertiary/aromatic N) is 1. The molecule has 0 radical (unpaired) electrons. The Labute approximate surface area is 124 Å². The predicted molar refractivity (Wildman–Crippen MR) is 75.8 cm³/mol. The van der Waals surface area contributed by atoms with Gasteiger partial charge in [-0.15, -0.1) is 0 Å². The summed E-state index contributed by atoms with van der Waals surface area (Å²) in [6, 6.07) is 4.43. The largest absolute Gasteiger partial charge is 0.484 e. The molecule has 0 bridgehead atoms. The summed E-state index contributed by atoms with van der Waals surface area (Å²) in [5.41, 5.74) is -1.27. The molecule has 1 rings (SSSR count). The summed E-state index contributed by atoms with van der Waals surface area (Å²) in [5.74, 6) is -0.427. The molecule has 1 aromatic rings. The zero-order valence-corrected chi connectivity index (χ0v) is 12.9. The van der Waals surface area contributed by atoms with Crippen molar-refractivity contribution in [2.75, 3.05) is 20.8 Å². The number of methoxy groups -OCH3 is 1. The van der Waals surface area contributed by atoms with Crippen molar-refractivity contribution in [3.63, 3.8) is 0 Å². The first kappa shape index (κ1) is 16.4. The average molecular weight is 347 g/mol. The number of nitrogens with one attached hydrogen (secondary N) is 1. The van der Waals surface area contributed by atoms with E-state index in [0.29, 0.717) is 4.47 Å². The van der Waals surface area contributed by atoms with Crippen molar-refractivity contribution in [2.45, 2.75) is 12.5 Å². The van der Waals surface area contributed by atoms with E-state index in [2.05, 4.69) is 26.0 Å². The highest BCUT2D eigenvalue weighted by Crippen LogP contribution is 2.30. The standard InChI is InChI=1S/C12H15BrN2O5/c1-12(14-2,11(16)19-3)7-20-10-5-4-8(13)6-9(10)15(17)18/h4-6,14H,7H2,1-3H3. The highest BCUT2D eigenvalue weighted by Gasteiger charge is 2.34. The normalized spacial score (nSPS) is 13.4. The Kier molecular flexibility index (Phi) is 5.46. The number of nitro benzene ring substituents is 1. The number of carbonyl (C=O) groups is 1. The van der Waals surface area contributed by atoms with Crippen molar-refractivity contribution < 1.29 is 19.2 Å². The van der Waals surface area contributed by atoms with Gasteiger partial charge in [0.15, 0.2) is 5.75 Å². The Morgan fingerprint density at radius 2 is 2.20 bits per heavy atom. The van der Waals surface area contributed by atoms with E-state index in [1.54, 1.807) is 20.0 Å². The number of halogens is 1. The molecule has 0 aliphatic rings. The summed E-state index contributed by atoms with van der Waals surface area (Å²) in [6.07, 6.45) is 0. The molecule has 0 heterocycles. The maximum absolute atomic E-state index is 11.7. The van der Waals surface area contributed by atoms with E-state index in [4.69, 9.17) is 4.74 Å². The molecule has 1 N–H and O–H groups in total. The van der Waals surface area contributed by atoms with Crippen LogP contribution in [0, 0.1) is 10.1 Å². The summed E-state index contributed by atoms with van der Waals surface area (Å²) >= 11 is 3.16. The highest BCUT2D eigenvalue weighted by molar-refractivity contribution is 9.10. The fourth-order valence-corrected chi connectivity index (χ4v) is 1.78. The molecule has 0 fully saturated rings. The van der Waals surface area contributed by atoms with E-state index in [0.717, 1.165) is 0 Å². The van der Waals surface area contributed by atoms with Crippen LogP contribution in [0.3, 0.4) is 0 Å². The molecule has 20 heavy (non-hydrogen) atoms. The van der Waals surface area contributed by atoms with Crippen LogP contribution in [0.15, 0.2) is 22.7 Å². The third kappa shape index (κ3) is 3.67. The first-order chi connectivity index (χ1) is 9.34. The Hall–Kier alpha value is -1.67. The molecule has 1 unspecified atom stereocenters. The van der Waals surface area contributed by atoms with E-state index >= 15 is 0 Å². The number of ether oxygens (including phenoxy) is 2. The van der Waals surface area contributed by atoms with Gasteiger partial charge in [-0.3, -0.25) is 10.1 Å². The molecule has 0 spiro atoms.